The van der Waals surface area contributed by atoms with Crippen LogP contribution >= 0.6 is 11.6 Å². The summed E-state index contributed by atoms with van der Waals surface area (Å²) in [6.45, 7) is 1.88. The standard InChI is InChI=1S/C26H21ClN2O4S/c1-18-7-14-23(15-8-18)34(31,32)29-21-12-9-19(10-13-21)26(30)28-24-17-20(27)11-16-25(24)33-22-5-3-2-4-6-22/h2-17,29H,1H3,(H,28,30). The molecule has 0 aliphatic carbocycles. The van der Waals surface area contributed by atoms with Gasteiger partial charge in [0.15, 0.2) is 5.75 Å². The molecule has 0 aromatic heterocycles. The van der Waals surface area contributed by atoms with Crippen LogP contribution in [0.25, 0.3) is 0 Å². The van der Waals surface area contributed by atoms with Crippen LogP contribution < -0.4 is 14.8 Å². The number of benzene rings is 4. The molecule has 0 atom stereocenters. The van der Waals surface area contributed by atoms with Gasteiger partial charge in [-0.1, -0.05) is 47.5 Å². The van der Waals surface area contributed by atoms with E-state index in [1.807, 2.05) is 25.1 Å². The van der Waals surface area contributed by atoms with Crippen molar-refractivity contribution in [3.63, 3.8) is 0 Å². The second kappa shape index (κ2) is 9.99. The Morgan fingerprint density at radius 2 is 1.53 bits per heavy atom. The molecule has 0 bridgehead atoms. The van der Waals surface area contributed by atoms with Crippen LogP contribution in [0.5, 0.6) is 11.5 Å². The van der Waals surface area contributed by atoms with Gasteiger partial charge in [0, 0.05) is 16.3 Å². The number of rotatable bonds is 7. The van der Waals surface area contributed by atoms with E-state index >= 15 is 0 Å². The van der Waals surface area contributed by atoms with Crippen molar-refractivity contribution in [1.82, 2.24) is 0 Å². The minimum absolute atomic E-state index is 0.159. The van der Waals surface area contributed by atoms with Crippen LogP contribution in [0.1, 0.15) is 15.9 Å². The number of amides is 1. The quantitative estimate of drug-likeness (QED) is 0.308. The molecule has 0 radical (unpaired) electrons. The fourth-order valence-corrected chi connectivity index (χ4v) is 4.35. The van der Waals surface area contributed by atoms with Gasteiger partial charge >= 0.3 is 0 Å². The van der Waals surface area contributed by atoms with Gasteiger partial charge in [-0.15, -0.1) is 0 Å². The lowest BCUT2D eigenvalue weighted by Crippen LogP contribution is -2.14. The zero-order valence-corrected chi connectivity index (χ0v) is 19.7. The summed E-state index contributed by atoms with van der Waals surface area (Å²) in [4.78, 5) is 13.0. The van der Waals surface area contributed by atoms with E-state index in [4.69, 9.17) is 16.3 Å². The monoisotopic (exact) mass is 492 g/mol. The Bertz CT molecular complexity index is 1410. The highest BCUT2D eigenvalue weighted by Gasteiger charge is 2.15. The average molecular weight is 493 g/mol. The fraction of sp³-hybridized carbons (Fsp3) is 0.0385. The number of anilines is 2. The van der Waals surface area contributed by atoms with Crippen LogP contribution in [0.4, 0.5) is 11.4 Å². The highest BCUT2D eigenvalue weighted by molar-refractivity contribution is 7.92. The maximum atomic E-state index is 12.8. The smallest absolute Gasteiger partial charge is 0.261 e. The van der Waals surface area contributed by atoms with Crippen LogP contribution in [-0.2, 0) is 10.0 Å². The van der Waals surface area contributed by atoms with Crippen molar-refractivity contribution in [2.45, 2.75) is 11.8 Å². The molecule has 4 aromatic rings. The Morgan fingerprint density at radius 3 is 2.21 bits per heavy atom. The molecule has 4 rings (SSSR count). The zero-order valence-electron chi connectivity index (χ0n) is 18.2. The SMILES string of the molecule is Cc1ccc(S(=O)(=O)Nc2ccc(C(=O)Nc3cc(Cl)ccc3Oc3ccccc3)cc2)cc1. The number of sulfonamides is 1. The number of carbonyl (C=O) groups excluding carboxylic acids is 1. The summed E-state index contributed by atoms with van der Waals surface area (Å²) in [5, 5.41) is 3.24. The van der Waals surface area contributed by atoms with E-state index < -0.39 is 15.9 Å². The molecule has 2 N–H and O–H groups in total. The lowest BCUT2D eigenvalue weighted by atomic mass is 10.2. The third-order valence-electron chi connectivity index (χ3n) is 4.89. The molecule has 0 unspecified atom stereocenters. The predicted octanol–water partition coefficient (Wildman–Crippen LogP) is 6.49. The van der Waals surface area contributed by atoms with E-state index in [2.05, 4.69) is 10.0 Å². The van der Waals surface area contributed by atoms with Gasteiger partial charge in [-0.05, 0) is 73.7 Å². The molecular formula is C26H21ClN2O4S. The first kappa shape index (κ1) is 23.4. The Morgan fingerprint density at radius 1 is 0.853 bits per heavy atom. The number of hydrogen-bond acceptors (Lipinski definition) is 4. The first-order chi connectivity index (χ1) is 16.3. The largest absolute Gasteiger partial charge is 0.455 e. The molecule has 0 fully saturated rings. The fourth-order valence-electron chi connectivity index (χ4n) is 3.12. The van der Waals surface area contributed by atoms with Gasteiger partial charge < -0.3 is 10.1 Å². The lowest BCUT2D eigenvalue weighted by molar-refractivity contribution is 0.102. The second-order valence-electron chi connectivity index (χ2n) is 7.51. The van der Waals surface area contributed by atoms with Crippen molar-refractivity contribution in [2.24, 2.45) is 0 Å². The third-order valence-corrected chi connectivity index (χ3v) is 6.52. The Kier molecular flexibility index (Phi) is 6.86. The summed E-state index contributed by atoms with van der Waals surface area (Å²) >= 11 is 6.12. The molecule has 172 valence electrons. The molecule has 8 heteroatoms. The summed E-state index contributed by atoms with van der Waals surface area (Å²) in [6, 6.07) is 26.8. The van der Waals surface area contributed by atoms with Crippen LogP contribution in [0, 0.1) is 6.92 Å². The molecule has 0 heterocycles. The molecule has 0 aliphatic rings. The minimum Gasteiger partial charge on any atom is -0.455 e. The highest BCUT2D eigenvalue weighted by Crippen LogP contribution is 2.32. The molecule has 4 aromatic carbocycles. The third kappa shape index (κ3) is 5.75. The van der Waals surface area contributed by atoms with Crippen molar-refractivity contribution in [2.75, 3.05) is 10.0 Å². The first-order valence-electron chi connectivity index (χ1n) is 10.3. The molecule has 6 nitrogen and oxygen atoms in total. The van der Waals surface area contributed by atoms with Gasteiger partial charge in [0.2, 0.25) is 0 Å². The number of hydrogen-bond donors (Lipinski definition) is 2. The predicted molar refractivity (Wildman–Crippen MR) is 134 cm³/mol. The molecular weight excluding hydrogens is 472 g/mol. The van der Waals surface area contributed by atoms with Gasteiger partial charge in [-0.3, -0.25) is 9.52 Å². The number of ether oxygens (including phenoxy) is 1. The van der Waals surface area contributed by atoms with Crippen molar-refractivity contribution in [3.8, 4) is 11.5 Å². The maximum absolute atomic E-state index is 12.8. The van der Waals surface area contributed by atoms with E-state index in [-0.39, 0.29) is 4.90 Å². The van der Waals surface area contributed by atoms with E-state index in [0.29, 0.717) is 33.5 Å². The van der Waals surface area contributed by atoms with Crippen molar-refractivity contribution >= 4 is 38.9 Å². The topological polar surface area (TPSA) is 84.5 Å². The van der Waals surface area contributed by atoms with E-state index in [0.717, 1.165) is 5.56 Å². The van der Waals surface area contributed by atoms with Gasteiger partial charge in [0.1, 0.15) is 5.75 Å². The molecule has 0 saturated carbocycles. The first-order valence-corrected chi connectivity index (χ1v) is 12.2. The van der Waals surface area contributed by atoms with Gasteiger partial charge in [-0.2, -0.15) is 0 Å². The highest BCUT2D eigenvalue weighted by atomic mass is 35.5. The summed E-state index contributed by atoms with van der Waals surface area (Å²) in [7, 11) is -3.73. The number of nitrogens with one attached hydrogen (secondary N) is 2. The lowest BCUT2D eigenvalue weighted by Gasteiger charge is -2.13. The molecule has 1 amide bonds. The van der Waals surface area contributed by atoms with Crippen molar-refractivity contribution < 1.29 is 17.9 Å². The molecule has 34 heavy (non-hydrogen) atoms. The summed E-state index contributed by atoms with van der Waals surface area (Å²) < 4.78 is 33.5. The Balaban J connectivity index is 1.48. The maximum Gasteiger partial charge on any atom is 0.261 e. The van der Waals surface area contributed by atoms with Gasteiger partial charge in [0.25, 0.3) is 15.9 Å². The number of aryl methyl sites for hydroxylation is 1. The zero-order chi connectivity index (χ0) is 24.1. The summed E-state index contributed by atoms with van der Waals surface area (Å²) in [5.41, 5.74) is 2.05. The van der Waals surface area contributed by atoms with Gasteiger partial charge in [0.05, 0.1) is 10.6 Å². The molecule has 0 saturated heterocycles. The summed E-state index contributed by atoms with van der Waals surface area (Å²) in [6.07, 6.45) is 0. The normalized spacial score (nSPS) is 11.0. The Hall–Kier alpha value is -3.81. The van der Waals surface area contributed by atoms with Crippen molar-refractivity contribution in [3.05, 3.63) is 113 Å². The van der Waals surface area contributed by atoms with Crippen LogP contribution in [0.15, 0.2) is 102 Å². The van der Waals surface area contributed by atoms with E-state index in [1.54, 1.807) is 54.6 Å². The van der Waals surface area contributed by atoms with Crippen LogP contribution in [-0.4, -0.2) is 14.3 Å². The second-order valence-corrected chi connectivity index (χ2v) is 9.62. The number of halogens is 1. The van der Waals surface area contributed by atoms with Gasteiger partial charge in [-0.25, -0.2) is 8.42 Å². The average Bonchev–Trinajstić information content (AvgIpc) is 2.82. The molecule has 0 aliphatic heterocycles. The van der Waals surface area contributed by atoms with E-state index in [9.17, 15) is 13.2 Å². The van der Waals surface area contributed by atoms with Crippen molar-refractivity contribution in [1.29, 1.82) is 0 Å². The molecule has 0 spiro atoms. The van der Waals surface area contributed by atoms with Crippen LogP contribution in [0.2, 0.25) is 5.02 Å². The number of para-hydroxylation sites is 1. The number of carbonyl (C=O) groups is 1. The summed E-state index contributed by atoms with van der Waals surface area (Å²) in [5.74, 6) is 0.657. The minimum atomic E-state index is -3.73. The van der Waals surface area contributed by atoms with Crippen LogP contribution in [0.3, 0.4) is 0 Å². The Labute approximate surface area is 203 Å². The van der Waals surface area contributed by atoms with E-state index in [1.165, 1.54) is 24.3 Å².